The zero-order valence-electron chi connectivity index (χ0n) is 20.5. The first-order valence-corrected chi connectivity index (χ1v) is 13.5. The number of fused-ring (bicyclic) bond motifs is 3. The normalized spacial score (nSPS) is 16.4. The lowest BCUT2D eigenvalue weighted by atomic mass is 10.0. The van der Waals surface area contributed by atoms with Crippen LogP contribution in [-0.2, 0) is 22.6 Å². The number of amides is 2. The van der Waals surface area contributed by atoms with Crippen molar-refractivity contribution in [2.75, 3.05) is 44.6 Å². The van der Waals surface area contributed by atoms with E-state index in [1.165, 1.54) is 18.5 Å². The Bertz CT molecular complexity index is 1350. The van der Waals surface area contributed by atoms with E-state index in [9.17, 15) is 14.0 Å². The predicted octanol–water partition coefficient (Wildman–Crippen LogP) is 4.22. The number of piperazine rings is 1. The van der Waals surface area contributed by atoms with Crippen LogP contribution >= 0.6 is 22.9 Å². The standard InChI is InChI=1S/C26H28ClFN6O2S/c1-2-22(35)33-12-10-32(11-13-33)8-3-4-23(36)34-9-7-18-21(15-34)37-26-24(18)25(29-16-30-26)31-17-5-6-20(28)19(27)14-17/h3-6,14,16H,2,7-13,15H2,1H3,(H,29,30,31)/b4-3+. The third-order valence-electron chi connectivity index (χ3n) is 6.78. The molecule has 4 heterocycles. The van der Waals surface area contributed by atoms with E-state index >= 15 is 0 Å². The number of benzene rings is 1. The molecule has 5 rings (SSSR count). The molecule has 194 valence electrons. The van der Waals surface area contributed by atoms with Crippen LogP contribution < -0.4 is 5.32 Å². The zero-order valence-corrected chi connectivity index (χ0v) is 22.1. The maximum absolute atomic E-state index is 13.6. The highest BCUT2D eigenvalue weighted by atomic mass is 35.5. The molecule has 0 radical (unpaired) electrons. The molecular formula is C26H28ClFN6O2S. The first-order valence-electron chi connectivity index (χ1n) is 12.4. The van der Waals surface area contributed by atoms with E-state index in [-0.39, 0.29) is 16.8 Å². The van der Waals surface area contributed by atoms with Crippen LogP contribution in [0.15, 0.2) is 36.7 Å². The van der Waals surface area contributed by atoms with Crippen molar-refractivity contribution in [1.29, 1.82) is 0 Å². The molecule has 1 saturated heterocycles. The molecule has 11 heteroatoms. The molecule has 1 fully saturated rings. The maximum Gasteiger partial charge on any atom is 0.246 e. The van der Waals surface area contributed by atoms with E-state index < -0.39 is 5.82 Å². The van der Waals surface area contributed by atoms with E-state index in [1.54, 1.807) is 23.5 Å². The molecule has 37 heavy (non-hydrogen) atoms. The van der Waals surface area contributed by atoms with E-state index in [2.05, 4.69) is 20.2 Å². The van der Waals surface area contributed by atoms with Crippen molar-refractivity contribution in [2.24, 2.45) is 0 Å². The molecule has 3 aromatic rings. The summed E-state index contributed by atoms with van der Waals surface area (Å²) in [5, 5.41) is 4.22. The quantitative estimate of drug-likeness (QED) is 0.470. The predicted molar refractivity (Wildman–Crippen MR) is 144 cm³/mol. The molecule has 2 aliphatic rings. The van der Waals surface area contributed by atoms with Crippen molar-refractivity contribution in [1.82, 2.24) is 24.7 Å². The van der Waals surface area contributed by atoms with Crippen molar-refractivity contribution in [3.8, 4) is 0 Å². The van der Waals surface area contributed by atoms with Crippen LogP contribution in [0.1, 0.15) is 23.8 Å². The minimum Gasteiger partial charge on any atom is -0.340 e. The lowest BCUT2D eigenvalue weighted by molar-refractivity contribution is -0.132. The Balaban J connectivity index is 1.22. The van der Waals surface area contributed by atoms with Gasteiger partial charge in [0.05, 0.1) is 17.0 Å². The average Bonchev–Trinajstić information content (AvgIpc) is 3.29. The second-order valence-electron chi connectivity index (χ2n) is 9.11. The van der Waals surface area contributed by atoms with Gasteiger partial charge in [0.2, 0.25) is 11.8 Å². The van der Waals surface area contributed by atoms with Crippen LogP contribution in [0, 0.1) is 5.82 Å². The summed E-state index contributed by atoms with van der Waals surface area (Å²) in [6.07, 6.45) is 6.32. The number of carbonyl (C=O) groups excluding carboxylic acids is 2. The summed E-state index contributed by atoms with van der Waals surface area (Å²) in [6.45, 7) is 6.84. The van der Waals surface area contributed by atoms with E-state index in [4.69, 9.17) is 11.6 Å². The molecule has 0 saturated carbocycles. The van der Waals surface area contributed by atoms with Crippen LogP contribution in [0.3, 0.4) is 0 Å². The highest BCUT2D eigenvalue weighted by Crippen LogP contribution is 2.38. The topological polar surface area (TPSA) is 81.7 Å². The average molecular weight is 543 g/mol. The van der Waals surface area contributed by atoms with E-state index in [0.717, 1.165) is 46.8 Å². The van der Waals surface area contributed by atoms with Gasteiger partial charge in [-0.05, 0) is 30.2 Å². The number of halogens is 2. The number of nitrogens with zero attached hydrogens (tertiary/aromatic N) is 5. The summed E-state index contributed by atoms with van der Waals surface area (Å²) >= 11 is 7.50. The summed E-state index contributed by atoms with van der Waals surface area (Å²) in [5.74, 6) is 0.362. The summed E-state index contributed by atoms with van der Waals surface area (Å²) in [6, 6.07) is 4.46. The lowest BCUT2D eigenvalue weighted by Gasteiger charge is -2.34. The highest BCUT2D eigenvalue weighted by Gasteiger charge is 2.26. The van der Waals surface area contributed by atoms with Gasteiger partial charge in [0.1, 0.15) is 22.8 Å². The molecule has 1 aromatic carbocycles. The molecule has 0 spiro atoms. The fourth-order valence-corrected chi connectivity index (χ4v) is 6.12. The van der Waals surface area contributed by atoms with Crippen molar-refractivity contribution in [3.63, 3.8) is 0 Å². The second-order valence-corrected chi connectivity index (χ2v) is 10.6. The molecular weight excluding hydrogens is 515 g/mol. The zero-order chi connectivity index (χ0) is 25.9. The fraction of sp³-hybridized carbons (Fsp3) is 0.385. The Kier molecular flexibility index (Phi) is 7.68. The third-order valence-corrected chi connectivity index (χ3v) is 8.20. The molecule has 2 aliphatic heterocycles. The molecule has 0 atom stereocenters. The number of aromatic nitrogens is 2. The Morgan fingerprint density at radius 3 is 2.73 bits per heavy atom. The summed E-state index contributed by atoms with van der Waals surface area (Å²) in [5.41, 5.74) is 1.78. The third kappa shape index (κ3) is 5.61. The SMILES string of the molecule is CCC(=O)N1CCN(C/C=C/C(=O)N2CCc3c(sc4ncnc(Nc5ccc(F)c(Cl)c5)c34)C2)CC1. The molecule has 8 nitrogen and oxygen atoms in total. The van der Waals surface area contributed by atoms with Gasteiger partial charge in [-0.2, -0.15) is 0 Å². The van der Waals surface area contributed by atoms with E-state index in [1.807, 2.05) is 22.8 Å². The lowest BCUT2D eigenvalue weighted by Crippen LogP contribution is -2.48. The minimum atomic E-state index is -0.474. The van der Waals surface area contributed by atoms with Gasteiger partial charge in [-0.1, -0.05) is 24.6 Å². The van der Waals surface area contributed by atoms with Crippen LogP contribution in [0.5, 0.6) is 0 Å². The summed E-state index contributed by atoms with van der Waals surface area (Å²) in [4.78, 5) is 41.6. The monoisotopic (exact) mass is 542 g/mol. The smallest absolute Gasteiger partial charge is 0.246 e. The molecule has 0 bridgehead atoms. The summed E-state index contributed by atoms with van der Waals surface area (Å²) < 4.78 is 13.6. The Hall–Kier alpha value is -3.08. The second kappa shape index (κ2) is 11.1. The number of hydrogen-bond donors (Lipinski definition) is 1. The van der Waals surface area contributed by atoms with Crippen LogP contribution in [-0.4, -0.2) is 75.8 Å². The van der Waals surface area contributed by atoms with Gasteiger partial charge in [-0.25, -0.2) is 14.4 Å². The van der Waals surface area contributed by atoms with Gasteiger partial charge in [-0.15, -0.1) is 11.3 Å². The van der Waals surface area contributed by atoms with Crippen molar-refractivity contribution >= 4 is 56.5 Å². The van der Waals surface area contributed by atoms with Gasteiger partial charge in [0, 0.05) is 62.3 Å². The fourth-order valence-electron chi connectivity index (χ4n) is 4.73. The Labute approximate surface area is 223 Å². The van der Waals surface area contributed by atoms with Crippen LogP contribution in [0.25, 0.3) is 10.2 Å². The van der Waals surface area contributed by atoms with Crippen LogP contribution in [0.4, 0.5) is 15.9 Å². The largest absolute Gasteiger partial charge is 0.340 e. The minimum absolute atomic E-state index is 0.00621. The number of carbonyl (C=O) groups is 2. The van der Waals surface area contributed by atoms with E-state index in [0.29, 0.717) is 44.0 Å². The number of nitrogens with one attached hydrogen (secondary N) is 1. The van der Waals surface area contributed by atoms with Crippen LogP contribution in [0.2, 0.25) is 5.02 Å². The molecule has 0 unspecified atom stereocenters. The van der Waals surface area contributed by atoms with Crippen molar-refractivity contribution < 1.29 is 14.0 Å². The number of thiophene rings is 1. The Morgan fingerprint density at radius 2 is 1.97 bits per heavy atom. The van der Waals surface area contributed by atoms with Gasteiger partial charge >= 0.3 is 0 Å². The Morgan fingerprint density at radius 1 is 1.16 bits per heavy atom. The first-order chi connectivity index (χ1) is 17.9. The number of rotatable bonds is 6. The van der Waals surface area contributed by atoms with Gasteiger partial charge in [0.15, 0.2) is 0 Å². The first kappa shape index (κ1) is 25.6. The summed E-state index contributed by atoms with van der Waals surface area (Å²) in [7, 11) is 0. The van der Waals surface area contributed by atoms with Gasteiger partial charge in [0.25, 0.3) is 0 Å². The van der Waals surface area contributed by atoms with Crippen molar-refractivity contribution in [3.05, 3.63) is 58.0 Å². The molecule has 0 aliphatic carbocycles. The van der Waals surface area contributed by atoms with Crippen molar-refractivity contribution in [2.45, 2.75) is 26.3 Å². The highest BCUT2D eigenvalue weighted by molar-refractivity contribution is 7.19. The molecule has 2 amide bonds. The van der Waals surface area contributed by atoms with Gasteiger partial charge in [-0.3, -0.25) is 14.5 Å². The maximum atomic E-state index is 13.6. The molecule has 1 N–H and O–H groups in total. The van der Waals surface area contributed by atoms with Gasteiger partial charge < -0.3 is 15.1 Å². The number of anilines is 2. The number of hydrogen-bond acceptors (Lipinski definition) is 7. The molecule has 2 aromatic heterocycles.